The summed E-state index contributed by atoms with van der Waals surface area (Å²) in [6.45, 7) is 0.731. The quantitative estimate of drug-likeness (QED) is 0.939. The van der Waals surface area contributed by atoms with Crippen LogP contribution in [-0.2, 0) is 6.42 Å². The molecule has 1 atom stereocenters. The molecule has 3 nitrogen and oxygen atoms in total. The van der Waals surface area contributed by atoms with Crippen LogP contribution in [0, 0.1) is 0 Å². The number of hydrogen-bond acceptors (Lipinski definition) is 3. The lowest BCUT2D eigenvalue weighted by Gasteiger charge is -2.23. The van der Waals surface area contributed by atoms with Crippen molar-refractivity contribution in [3.63, 3.8) is 0 Å². The Labute approximate surface area is 125 Å². The molecule has 1 N–H and O–H groups in total. The molecule has 1 aliphatic heterocycles. The molecule has 0 bridgehead atoms. The first-order valence-electron chi connectivity index (χ1n) is 7.37. The molecule has 110 valence electrons. The van der Waals surface area contributed by atoms with E-state index in [4.69, 9.17) is 4.74 Å². The van der Waals surface area contributed by atoms with E-state index in [0.717, 1.165) is 42.0 Å². The van der Waals surface area contributed by atoms with E-state index in [1.54, 1.807) is 0 Å². The van der Waals surface area contributed by atoms with Crippen LogP contribution in [0.15, 0.2) is 42.5 Å². The third kappa shape index (κ3) is 2.74. The zero-order valence-electron chi connectivity index (χ0n) is 12.5. The molecule has 1 unspecified atom stereocenters. The minimum absolute atomic E-state index is 0.655. The fraction of sp³-hybridized carbons (Fsp3) is 0.333. The van der Waals surface area contributed by atoms with Gasteiger partial charge in [-0.05, 0) is 36.1 Å². The van der Waals surface area contributed by atoms with E-state index < -0.39 is 6.10 Å². The van der Waals surface area contributed by atoms with E-state index in [1.807, 2.05) is 55.4 Å². The number of benzene rings is 2. The number of fused-ring (bicyclic) bond motifs is 1. The van der Waals surface area contributed by atoms with Crippen LogP contribution >= 0.6 is 0 Å². The van der Waals surface area contributed by atoms with Gasteiger partial charge in [0.05, 0.1) is 6.61 Å². The molecule has 0 saturated heterocycles. The molecule has 1 heterocycles. The van der Waals surface area contributed by atoms with Gasteiger partial charge in [-0.3, -0.25) is 0 Å². The second kappa shape index (κ2) is 5.78. The summed E-state index contributed by atoms with van der Waals surface area (Å²) in [4.78, 5) is 2.03. The topological polar surface area (TPSA) is 32.7 Å². The van der Waals surface area contributed by atoms with Crippen LogP contribution in [0.5, 0.6) is 5.75 Å². The number of rotatable bonds is 3. The van der Waals surface area contributed by atoms with Gasteiger partial charge >= 0.3 is 0 Å². The molecule has 0 fully saturated rings. The highest BCUT2D eigenvalue weighted by atomic mass is 16.5. The normalized spacial score (nSPS) is 15.0. The Bertz CT molecular complexity index is 637. The first-order chi connectivity index (χ1) is 10.2. The highest BCUT2D eigenvalue weighted by Crippen LogP contribution is 2.36. The van der Waals surface area contributed by atoms with Crippen molar-refractivity contribution in [3.05, 3.63) is 59.2 Å². The molecular weight excluding hydrogens is 262 g/mol. The Kier molecular flexibility index (Phi) is 3.84. The summed E-state index contributed by atoms with van der Waals surface area (Å²) in [5.41, 5.74) is 4.03. The Morgan fingerprint density at radius 3 is 2.76 bits per heavy atom. The van der Waals surface area contributed by atoms with Crippen LogP contribution in [-0.4, -0.2) is 25.8 Å². The average Bonchev–Trinajstić information content (AvgIpc) is 2.53. The van der Waals surface area contributed by atoms with E-state index in [0.29, 0.717) is 0 Å². The van der Waals surface area contributed by atoms with Gasteiger partial charge in [0.2, 0.25) is 0 Å². The van der Waals surface area contributed by atoms with E-state index in [-0.39, 0.29) is 0 Å². The van der Waals surface area contributed by atoms with E-state index in [1.165, 1.54) is 5.56 Å². The lowest BCUT2D eigenvalue weighted by Crippen LogP contribution is -2.13. The van der Waals surface area contributed by atoms with Crippen molar-refractivity contribution < 1.29 is 9.84 Å². The maximum Gasteiger partial charge on any atom is 0.128 e. The van der Waals surface area contributed by atoms with Crippen molar-refractivity contribution in [2.75, 3.05) is 25.6 Å². The molecule has 21 heavy (non-hydrogen) atoms. The van der Waals surface area contributed by atoms with Crippen LogP contribution in [0.2, 0.25) is 0 Å². The largest absolute Gasteiger partial charge is 0.493 e. The van der Waals surface area contributed by atoms with Crippen LogP contribution in [0.4, 0.5) is 5.69 Å². The smallest absolute Gasteiger partial charge is 0.128 e. The summed E-state index contributed by atoms with van der Waals surface area (Å²) >= 11 is 0. The molecule has 0 aliphatic carbocycles. The van der Waals surface area contributed by atoms with E-state index >= 15 is 0 Å². The third-order valence-electron chi connectivity index (χ3n) is 3.96. The van der Waals surface area contributed by atoms with E-state index in [2.05, 4.69) is 6.07 Å². The number of aryl methyl sites for hydroxylation is 1. The lowest BCUT2D eigenvalue weighted by molar-refractivity contribution is 0.207. The molecule has 0 spiro atoms. The Hall–Kier alpha value is -2.00. The number of aliphatic hydroxyl groups is 1. The molecule has 3 heteroatoms. The maximum atomic E-state index is 10.8. The molecule has 0 saturated carbocycles. The van der Waals surface area contributed by atoms with Crippen molar-refractivity contribution in [2.45, 2.75) is 18.9 Å². The van der Waals surface area contributed by atoms with Gasteiger partial charge in [-0.1, -0.05) is 30.3 Å². The van der Waals surface area contributed by atoms with Gasteiger partial charge in [-0.2, -0.15) is 0 Å². The van der Waals surface area contributed by atoms with Gasteiger partial charge in [0.25, 0.3) is 0 Å². The number of ether oxygens (including phenoxy) is 1. The van der Waals surface area contributed by atoms with Gasteiger partial charge in [0, 0.05) is 25.3 Å². The Morgan fingerprint density at radius 1 is 1.14 bits per heavy atom. The highest BCUT2D eigenvalue weighted by Gasteiger charge is 2.20. The van der Waals surface area contributed by atoms with Crippen molar-refractivity contribution in [3.8, 4) is 5.75 Å². The minimum atomic E-state index is -0.655. The number of para-hydroxylation sites is 1. The molecule has 2 aromatic carbocycles. The standard InChI is InChI=1S/C18H21NO2/c1-19(2)15-9-3-7-14(12-15)17(20)16-10-4-6-13-8-5-11-21-18(13)16/h3-4,6-7,9-10,12,17,20H,5,8,11H2,1-2H3. The number of nitrogens with zero attached hydrogens (tertiary/aromatic N) is 1. The van der Waals surface area contributed by atoms with Crippen molar-refractivity contribution in [1.82, 2.24) is 0 Å². The van der Waals surface area contributed by atoms with Crippen molar-refractivity contribution in [1.29, 1.82) is 0 Å². The molecule has 0 aromatic heterocycles. The summed E-state index contributed by atoms with van der Waals surface area (Å²) in [6, 6.07) is 14.0. The van der Waals surface area contributed by atoms with Crippen molar-refractivity contribution in [2.24, 2.45) is 0 Å². The van der Waals surface area contributed by atoms with Crippen molar-refractivity contribution >= 4 is 5.69 Å². The number of anilines is 1. The lowest BCUT2D eigenvalue weighted by atomic mass is 9.95. The van der Waals surface area contributed by atoms with Gasteiger partial charge in [-0.25, -0.2) is 0 Å². The highest BCUT2D eigenvalue weighted by molar-refractivity contribution is 5.51. The summed E-state index contributed by atoms with van der Waals surface area (Å²) < 4.78 is 5.80. The van der Waals surface area contributed by atoms with Gasteiger partial charge in [0.1, 0.15) is 11.9 Å². The first kappa shape index (κ1) is 14.0. The van der Waals surface area contributed by atoms with Crippen LogP contribution in [0.25, 0.3) is 0 Å². The molecular formula is C18H21NO2. The molecule has 0 amide bonds. The molecule has 0 radical (unpaired) electrons. The van der Waals surface area contributed by atoms with Crippen LogP contribution in [0.3, 0.4) is 0 Å². The minimum Gasteiger partial charge on any atom is -0.493 e. The predicted molar refractivity (Wildman–Crippen MR) is 85.1 cm³/mol. The number of hydrogen-bond donors (Lipinski definition) is 1. The zero-order valence-corrected chi connectivity index (χ0v) is 12.5. The molecule has 1 aliphatic rings. The molecule has 2 aromatic rings. The summed E-state index contributed by atoms with van der Waals surface area (Å²) in [5, 5.41) is 10.8. The monoisotopic (exact) mass is 283 g/mol. The van der Waals surface area contributed by atoms with Gasteiger partial charge in [0.15, 0.2) is 0 Å². The van der Waals surface area contributed by atoms with E-state index in [9.17, 15) is 5.11 Å². The number of aliphatic hydroxyl groups excluding tert-OH is 1. The Morgan fingerprint density at radius 2 is 1.95 bits per heavy atom. The second-order valence-electron chi connectivity index (χ2n) is 5.68. The SMILES string of the molecule is CN(C)c1cccc(C(O)c2cccc3c2OCCC3)c1. The average molecular weight is 283 g/mol. The maximum absolute atomic E-state index is 10.8. The summed E-state index contributed by atoms with van der Waals surface area (Å²) in [5.74, 6) is 0.867. The van der Waals surface area contributed by atoms with Gasteiger partial charge in [-0.15, -0.1) is 0 Å². The fourth-order valence-electron chi connectivity index (χ4n) is 2.78. The molecule has 3 rings (SSSR count). The second-order valence-corrected chi connectivity index (χ2v) is 5.68. The Balaban J connectivity index is 1.99. The van der Waals surface area contributed by atoms with Crippen LogP contribution in [0.1, 0.15) is 29.2 Å². The zero-order chi connectivity index (χ0) is 14.8. The third-order valence-corrected chi connectivity index (χ3v) is 3.96. The fourth-order valence-corrected chi connectivity index (χ4v) is 2.78. The summed E-state index contributed by atoms with van der Waals surface area (Å²) in [7, 11) is 4.00. The first-order valence-corrected chi connectivity index (χ1v) is 7.37. The summed E-state index contributed by atoms with van der Waals surface area (Å²) in [6.07, 6.45) is 1.41. The van der Waals surface area contributed by atoms with Crippen LogP contribution < -0.4 is 9.64 Å². The van der Waals surface area contributed by atoms with Gasteiger partial charge < -0.3 is 14.7 Å². The predicted octanol–water partition coefficient (Wildman–Crippen LogP) is 3.16.